The number of carbonyl (C=O) groups is 3. The molecule has 20 heteroatoms. The van der Waals surface area contributed by atoms with Crippen LogP contribution in [-0.2, 0) is 58.9 Å². The van der Waals surface area contributed by atoms with Crippen LogP contribution in [0.4, 0.5) is 4.79 Å². The van der Waals surface area contributed by atoms with Crippen LogP contribution in [0, 0.1) is 29.6 Å². The molecule has 1 aromatic rings. The van der Waals surface area contributed by atoms with Crippen molar-refractivity contribution in [3.05, 3.63) is 29.8 Å². The number of ether oxygens (including phenoxy) is 9. The first-order valence-electron chi connectivity index (χ1n) is 28.1. The Hall–Kier alpha value is -3.70. The summed E-state index contributed by atoms with van der Waals surface area (Å²) in [6, 6.07) is 6.94. The number of nitrogens with zero attached hydrogens (tertiary/aromatic N) is 2. The molecule has 1 aliphatic carbocycles. The van der Waals surface area contributed by atoms with E-state index in [1.54, 1.807) is 55.6 Å². The van der Waals surface area contributed by atoms with E-state index in [4.69, 9.17) is 52.6 Å². The molecule has 0 spiro atoms. The summed E-state index contributed by atoms with van der Waals surface area (Å²) in [5.41, 5.74) is 1.89. The van der Waals surface area contributed by atoms with Gasteiger partial charge in [0.2, 0.25) is 0 Å². The number of hydrazine groups is 1. The quantitative estimate of drug-likeness (QED) is 0.0431. The number of oxime groups is 1. The van der Waals surface area contributed by atoms with Gasteiger partial charge in [-0.05, 0) is 111 Å². The predicted molar refractivity (Wildman–Crippen MR) is 287 cm³/mol. The fraction of sp³-hybridized carbons (Fsp3) is 0.825. The molecule has 1 amide bonds. The number of amides is 1. The van der Waals surface area contributed by atoms with Gasteiger partial charge in [0.15, 0.2) is 24.8 Å². The van der Waals surface area contributed by atoms with Crippen LogP contribution in [0.25, 0.3) is 0 Å². The van der Waals surface area contributed by atoms with E-state index < -0.39 is 126 Å². The maximum atomic E-state index is 14.8. The topological polar surface area (TPSA) is 244 Å². The zero-order chi connectivity index (χ0) is 57.0. The second-order valence-electron chi connectivity index (χ2n) is 23.4. The summed E-state index contributed by atoms with van der Waals surface area (Å²) >= 11 is 0. The van der Waals surface area contributed by atoms with Crippen molar-refractivity contribution in [2.45, 2.75) is 238 Å². The van der Waals surface area contributed by atoms with E-state index in [1.165, 1.54) is 53.1 Å². The average Bonchev–Trinajstić information content (AvgIpc) is 3.38. The van der Waals surface area contributed by atoms with E-state index in [-0.39, 0.29) is 25.8 Å². The van der Waals surface area contributed by atoms with Crippen molar-refractivity contribution in [1.29, 1.82) is 0 Å². The first-order chi connectivity index (χ1) is 36.3. The summed E-state index contributed by atoms with van der Waals surface area (Å²) in [5.74, 6) is -3.49. The molecule has 5 rings (SSSR count). The third-order valence-corrected chi connectivity index (χ3v) is 16.7. The number of hydrogen-bond acceptors (Lipinski definition) is 19. The summed E-state index contributed by atoms with van der Waals surface area (Å²) in [7, 11) is 6.83. The number of esters is 2. The molecule has 440 valence electrons. The van der Waals surface area contributed by atoms with Crippen LogP contribution >= 0.6 is 0 Å². The van der Waals surface area contributed by atoms with Gasteiger partial charge in [-0.1, -0.05) is 77.1 Å². The highest BCUT2D eigenvalue weighted by Crippen LogP contribution is 2.42. The summed E-state index contributed by atoms with van der Waals surface area (Å²) in [6.07, 6.45) is -2.81. The lowest BCUT2D eigenvalue weighted by atomic mass is 9.73. The molecule has 18 atom stereocenters. The van der Waals surface area contributed by atoms with Gasteiger partial charge >= 0.3 is 18.0 Å². The smallest absolute Gasteiger partial charge is 0.422 e. The minimum absolute atomic E-state index is 0.0440. The maximum absolute atomic E-state index is 14.8. The Labute approximate surface area is 458 Å². The van der Waals surface area contributed by atoms with Crippen LogP contribution in [0.5, 0.6) is 5.75 Å². The molecule has 0 aromatic heterocycles. The molecule has 1 aromatic carbocycles. The van der Waals surface area contributed by atoms with Crippen molar-refractivity contribution in [2.24, 2.45) is 34.7 Å². The third kappa shape index (κ3) is 16.9. The number of nitrogens with one attached hydrogen (secondary N) is 2. The van der Waals surface area contributed by atoms with Gasteiger partial charge in [-0.25, -0.2) is 10.2 Å². The molecule has 77 heavy (non-hydrogen) atoms. The summed E-state index contributed by atoms with van der Waals surface area (Å²) < 4.78 is 56.6. The van der Waals surface area contributed by atoms with Crippen LogP contribution in [0.1, 0.15) is 152 Å². The maximum Gasteiger partial charge on any atom is 0.422 e. The first-order valence-corrected chi connectivity index (χ1v) is 28.1. The number of aliphatic hydroxyl groups excluding tert-OH is 1. The van der Waals surface area contributed by atoms with E-state index in [0.717, 1.165) is 18.4 Å². The molecule has 1 unspecified atom stereocenters. The second kappa shape index (κ2) is 28.6. The molecule has 3 saturated heterocycles. The molecule has 3 heterocycles. The Morgan fingerprint density at radius 3 is 2.17 bits per heavy atom. The molecule has 0 radical (unpaired) electrons. The number of likely N-dealkylation sites (N-methyl/N-ethyl adjacent to an activating group) is 1. The fourth-order valence-electron chi connectivity index (χ4n) is 12.2. The average molecular weight is 1090 g/mol. The second-order valence-corrected chi connectivity index (χ2v) is 23.4. The molecule has 4 aliphatic rings. The van der Waals surface area contributed by atoms with Crippen molar-refractivity contribution in [2.75, 3.05) is 34.9 Å². The monoisotopic (exact) mass is 1090 g/mol. The van der Waals surface area contributed by atoms with Crippen LogP contribution in [-0.4, -0.2) is 163 Å². The summed E-state index contributed by atoms with van der Waals surface area (Å²) in [5, 5.41) is 42.5. The number of benzene rings is 1. The Morgan fingerprint density at radius 2 is 1.56 bits per heavy atom. The molecular weight excluding hydrogens is 997 g/mol. The van der Waals surface area contributed by atoms with Gasteiger partial charge < -0.3 is 67.7 Å². The van der Waals surface area contributed by atoms with Gasteiger partial charge in [0.05, 0.1) is 60.9 Å². The lowest BCUT2D eigenvalue weighted by Gasteiger charge is -2.49. The van der Waals surface area contributed by atoms with Crippen molar-refractivity contribution in [3.8, 4) is 5.75 Å². The van der Waals surface area contributed by atoms with Crippen LogP contribution in [0.15, 0.2) is 29.4 Å². The molecular formula is C57H96N4O16. The molecule has 4 fully saturated rings. The van der Waals surface area contributed by atoms with E-state index in [9.17, 15) is 29.7 Å². The number of carbonyl (C=O) groups excluding carboxylic acids is 3. The molecule has 3 aliphatic heterocycles. The fourth-order valence-corrected chi connectivity index (χ4v) is 12.2. The Bertz CT molecular complexity index is 2040. The lowest BCUT2D eigenvalue weighted by molar-refractivity contribution is -0.318. The Kier molecular flexibility index (Phi) is 23.8. The standard InChI is InChI=1S/C57H96N4O16/c1-16-44-57(11,67)49(63)35(4)46(60-70-28-20-23-40-21-18-17-19-22-40)33(2)30-55(9,66)50(36(5)47(37(6)52(64)74-44)75-45-31-56(10,69-15)51(38(7)72-45)73-39(8)62)77-53-48(43(61(12)13)29-34(3)71-53)76-54(65)59-58-32-41-24-26-42(68-14)27-25-41/h24-27,33-38,40,43-45,47-51,53,58,63,66-67H,16-23,28-32H2,1-15H3,(H,59,65)/b60-46+/t33-,34-,35+,36+,37-,38+,43+,44-,45+,47+,48-,49-,50-,51+,53+,55?,56-,57-/m1/s1. The number of aliphatic hydroxyl groups is 3. The van der Waals surface area contributed by atoms with E-state index in [1.807, 2.05) is 57.1 Å². The Morgan fingerprint density at radius 1 is 0.883 bits per heavy atom. The lowest BCUT2D eigenvalue weighted by Crippen LogP contribution is -2.62. The molecule has 1 saturated carbocycles. The predicted octanol–water partition coefficient (Wildman–Crippen LogP) is 6.97. The first kappa shape index (κ1) is 64.1. The largest absolute Gasteiger partial charge is 0.497 e. The van der Waals surface area contributed by atoms with Gasteiger partial charge in [0.1, 0.15) is 29.7 Å². The van der Waals surface area contributed by atoms with Gasteiger partial charge in [-0.2, -0.15) is 0 Å². The van der Waals surface area contributed by atoms with Crippen LogP contribution < -0.4 is 15.6 Å². The highest BCUT2D eigenvalue weighted by molar-refractivity contribution is 5.88. The van der Waals surface area contributed by atoms with E-state index >= 15 is 0 Å². The normalized spacial score (nSPS) is 38.6. The molecule has 5 N–H and O–H groups in total. The number of hydrogen-bond donors (Lipinski definition) is 5. The van der Waals surface area contributed by atoms with Crippen molar-refractivity contribution < 1.29 is 77.2 Å². The number of cyclic esters (lactones) is 1. The van der Waals surface area contributed by atoms with Crippen LogP contribution in [0.2, 0.25) is 0 Å². The van der Waals surface area contributed by atoms with E-state index in [2.05, 4.69) is 10.9 Å². The number of methoxy groups -OCH3 is 2. The minimum atomic E-state index is -1.98. The molecule has 20 nitrogen and oxygen atoms in total. The van der Waals surface area contributed by atoms with Crippen molar-refractivity contribution >= 4 is 23.7 Å². The summed E-state index contributed by atoms with van der Waals surface area (Å²) in [6.45, 7) is 19.2. The van der Waals surface area contributed by atoms with Gasteiger partial charge in [0.25, 0.3) is 0 Å². The zero-order valence-corrected chi connectivity index (χ0v) is 48.8. The van der Waals surface area contributed by atoms with Crippen LogP contribution in [0.3, 0.4) is 0 Å². The summed E-state index contributed by atoms with van der Waals surface area (Å²) in [4.78, 5) is 48.9. The van der Waals surface area contributed by atoms with Gasteiger partial charge in [0, 0.05) is 44.8 Å². The highest BCUT2D eigenvalue weighted by atomic mass is 16.7. The van der Waals surface area contributed by atoms with Crippen molar-refractivity contribution in [3.63, 3.8) is 0 Å². The minimum Gasteiger partial charge on any atom is -0.497 e. The van der Waals surface area contributed by atoms with Crippen molar-refractivity contribution in [1.82, 2.24) is 15.8 Å². The Balaban J connectivity index is 1.58. The van der Waals surface area contributed by atoms with Gasteiger partial charge in [-0.15, -0.1) is 0 Å². The highest BCUT2D eigenvalue weighted by Gasteiger charge is 2.55. The zero-order valence-electron chi connectivity index (χ0n) is 48.8. The van der Waals surface area contributed by atoms with Gasteiger partial charge in [-0.3, -0.25) is 15.0 Å². The van der Waals surface area contributed by atoms with E-state index in [0.29, 0.717) is 30.4 Å². The SMILES string of the molecule is CC[C@H]1OC(=O)[C@H](C)[C@@H](O[C@H]2C[C@@](C)(OC)[C@@H](OC(C)=O)[C@H](C)O2)[C@H](C)[C@@H](O[C@@H]2O[C@H](C)C[C@H](N(C)C)[C@H]2OC(=O)NNCc2ccc(OC)cc2)C(C)(O)C[C@@H](C)/C(=N\OCCCC2CCCCC2)[C@H](C)[C@@H](O)[C@]1(C)O. The number of rotatable bonds is 18. The third-order valence-electron chi connectivity index (χ3n) is 16.7. The molecule has 0 bridgehead atoms.